The van der Waals surface area contributed by atoms with Gasteiger partial charge in [0.1, 0.15) is 0 Å². The summed E-state index contributed by atoms with van der Waals surface area (Å²) < 4.78 is 4.94. The van der Waals surface area contributed by atoms with Gasteiger partial charge < -0.3 is 4.74 Å². The Morgan fingerprint density at radius 3 is 2.60 bits per heavy atom. The molecule has 0 fully saturated rings. The zero-order chi connectivity index (χ0) is 20.9. The van der Waals surface area contributed by atoms with Crippen LogP contribution < -0.4 is 5.32 Å². The predicted molar refractivity (Wildman–Crippen MR) is 118 cm³/mol. The number of carbonyl (C=O) groups excluding carboxylic acids is 2. The van der Waals surface area contributed by atoms with Gasteiger partial charge in [-0.25, -0.2) is 9.97 Å². The first kappa shape index (κ1) is 19.7. The largest absolute Gasteiger partial charge is 0.466 e. The Kier molecular flexibility index (Phi) is 5.81. The van der Waals surface area contributed by atoms with E-state index in [9.17, 15) is 9.59 Å². The molecule has 7 heteroatoms. The van der Waals surface area contributed by atoms with E-state index in [2.05, 4.69) is 10.3 Å². The Bertz CT molecular complexity index is 1200. The molecule has 1 amide bonds. The number of hydrogen-bond donors (Lipinski definition) is 1. The molecule has 0 aliphatic heterocycles. The van der Waals surface area contributed by atoms with Crippen molar-refractivity contribution in [3.8, 4) is 11.3 Å². The number of amides is 1. The van der Waals surface area contributed by atoms with E-state index in [4.69, 9.17) is 9.72 Å². The van der Waals surface area contributed by atoms with Crippen LogP contribution in [-0.4, -0.2) is 28.5 Å². The van der Waals surface area contributed by atoms with Crippen LogP contribution >= 0.6 is 11.3 Å². The van der Waals surface area contributed by atoms with E-state index >= 15 is 0 Å². The van der Waals surface area contributed by atoms with E-state index in [-0.39, 0.29) is 18.3 Å². The van der Waals surface area contributed by atoms with E-state index < -0.39 is 0 Å². The quantitative estimate of drug-likeness (QED) is 0.459. The first-order valence-corrected chi connectivity index (χ1v) is 10.4. The third-order valence-electron chi connectivity index (χ3n) is 4.43. The summed E-state index contributed by atoms with van der Waals surface area (Å²) in [7, 11) is 0. The Balaban J connectivity index is 1.63. The maximum absolute atomic E-state index is 13.1. The summed E-state index contributed by atoms with van der Waals surface area (Å²) in [5, 5.41) is 5.78. The van der Waals surface area contributed by atoms with Gasteiger partial charge >= 0.3 is 5.97 Å². The third-order valence-corrected chi connectivity index (χ3v) is 5.24. The summed E-state index contributed by atoms with van der Waals surface area (Å²) in [6, 6.07) is 19.1. The van der Waals surface area contributed by atoms with Crippen LogP contribution in [0.25, 0.3) is 22.2 Å². The standard InChI is InChI=1S/C23H19N3O3S/c1-2-29-21(27)12-16-14-30-23(24-16)26-22(28)18-13-20(15-8-4-3-5-9-15)25-19-11-7-6-10-17(18)19/h3-11,13-14H,2,12H2,1H3,(H,24,26,28). The fraction of sp³-hybridized carbons (Fsp3) is 0.130. The highest BCUT2D eigenvalue weighted by atomic mass is 32.1. The summed E-state index contributed by atoms with van der Waals surface area (Å²) in [6.07, 6.45) is 0.0799. The third kappa shape index (κ3) is 4.36. The van der Waals surface area contributed by atoms with E-state index in [1.165, 1.54) is 11.3 Å². The van der Waals surface area contributed by atoms with Gasteiger partial charge in [0.05, 0.1) is 35.5 Å². The molecule has 1 N–H and O–H groups in total. The van der Waals surface area contributed by atoms with Crippen LogP contribution in [0.2, 0.25) is 0 Å². The van der Waals surface area contributed by atoms with Crippen LogP contribution in [0.5, 0.6) is 0 Å². The zero-order valence-corrected chi connectivity index (χ0v) is 17.1. The molecule has 0 saturated heterocycles. The molecule has 0 aliphatic rings. The van der Waals surface area contributed by atoms with Crippen LogP contribution in [-0.2, 0) is 16.0 Å². The average molecular weight is 417 g/mol. The van der Waals surface area contributed by atoms with Crippen molar-refractivity contribution in [3.63, 3.8) is 0 Å². The molecule has 30 heavy (non-hydrogen) atoms. The zero-order valence-electron chi connectivity index (χ0n) is 16.3. The second kappa shape index (κ2) is 8.84. The van der Waals surface area contributed by atoms with E-state index in [0.29, 0.717) is 23.0 Å². The smallest absolute Gasteiger partial charge is 0.311 e. The summed E-state index contributed by atoms with van der Waals surface area (Å²) in [4.78, 5) is 33.7. The van der Waals surface area contributed by atoms with Crippen molar-refractivity contribution in [2.75, 3.05) is 11.9 Å². The molecule has 2 heterocycles. The molecule has 0 radical (unpaired) electrons. The molecule has 0 unspecified atom stereocenters. The fourth-order valence-electron chi connectivity index (χ4n) is 3.09. The van der Waals surface area contributed by atoms with Crippen molar-refractivity contribution in [1.29, 1.82) is 0 Å². The highest BCUT2D eigenvalue weighted by molar-refractivity contribution is 7.14. The van der Waals surface area contributed by atoms with Crippen molar-refractivity contribution < 1.29 is 14.3 Å². The normalized spacial score (nSPS) is 10.7. The fourth-order valence-corrected chi connectivity index (χ4v) is 3.80. The molecular formula is C23H19N3O3S. The molecule has 2 aromatic heterocycles. The Labute approximate surface area is 177 Å². The van der Waals surface area contributed by atoms with Gasteiger partial charge in [-0.3, -0.25) is 14.9 Å². The second-order valence-corrected chi connectivity index (χ2v) is 7.38. The number of benzene rings is 2. The lowest BCUT2D eigenvalue weighted by Crippen LogP contribution is -2.13. The van der Waals surface area contributed by atoms with Gasteiger partial charge in [0.2, 0.25) is 0 Å². The van der Waals surface area contributed by atoms with Crippen LogP contribution in [0.1, 0.15) is 23.0 Å². The lowest BCUT2D eigenvalue weighted by molar-refractivity contribution is -0.142. The number of anilines is 1. The molecular weight excluding hydrogens is 398 g/mol. The number of hydrogen-bond acceptors (Lipinski definition) is 6. The number of fused-ring (bicyclic) bond motifs is 1. The van der Waals surface area contributed by atoms with E-state index in [1.54, 1.807) is 18.4 Å². The van der Waals surface area contributed by atoms with Crippen molar-refractivity contribution in [1.82, 2.24) is 9.97 Å². The SMILES string of the molecule is CCOC(=O)Cc1csc(NC(=O)c2cc(-c3ccccc3)nc3ccccc23)n1. The number of ether oxygens (including phenoxy) is 1. The summed E-state index contributed by atoms with van der Waals surface area (Å²) >= 11 is 1.27. The molecule has 0 spiro atoms. The van der Waals surface area contributed by atoms with Crippen molar-refractivity contribution in [2.45, 2.75) is 13.3 Å². The highest BCUT2D eigenvalue weighted by Crippen LogP contribution is 2.26. The minimum absolute atomic E-state index is 0.0799. The topological polar surface area (TPSA) is 81.2 Å². The van der Waals surface area contributed by atoms with Crippen LogP contribution in [0.3, 0.4) is 0 Å². The first-order valence-electron chi connectivity index (χ1n) is 9.50. The maximum atomic E-state index is 13.1. The van der Waals surface area contributed by atoms with Crippen molar-refractivity contribution >= 4 is 39.2 Å². The van der Waals surface area contributed by atoms with E-state index in [1.807, 2.05) is 54.6 Å². The maximum Gasteiger partial charge on any atom is 0.311 e. The summed E-state index contributed by atoms with van der Waals surface area (Å²) in [5.74, 6) is -0.615. The average Bonchev–Trinajstić information content (AvgIpc) is 3.20. The molecule has 150 valence electrons. The van der Waals surface area contributed by atoms with Gasteiger partial charge in [-0.05, 0) is 19.1 Å². The molecule has 0 bridgehead atoms. The minimum atomic E-state index is -0.340. The number of esters is 1. The van der Waals surface area contributed by atoms with E-state index in [0.717, 1.165) is 22.2 Å². The van der Waals surface area contributed by atoms with Gasteiger partial charge in [0.15, 0.2) is 5.13 Å². The summed E-state index contributed by atoms with van der Waals surface area (Å²) in [5.41, 5.74) is 3.48. The summed E-state index contributed by atoms with van der Waals surface area (Å²) in [6.45, 7) is 2.08. The Morgan fingerprint density at radius 2 is 1.80 bits per heavy atom. The molecule has 0 aliphatic carbocycles. The number of nitrogens with zero attached hydrogens (tertiary/aromatic N) is 2. The molecule has 0 saturated carbocycles. The molecule has 0 atom stereocenters. The number of thiazole rings is 1. The monoisotopic (exact) mass is 417 g/mol. The van der Waals surface area contributed by atoms with Crippen molar-refractivity contribution in [3.05, 3.63) is 77.3 Å². The van der Waals surface area contributed by atoms with Crippen LogP contribution in [0.4, 0.5) is 5.13 Å². The van der Waals surface area contributed by atoms with Crippen molar-refractivity contribution in [2.24, 2.45) is 0 Å². The molecule has 6 nitrogen and oxygen atoms in total. The minimum Gasteiger partial charge on any atom is -0.466 e. The predicted octanol–water partition coefficient (Wildman–Crippen LogP) is 4.72. The number of pyridine rings is 1. The lowest BCUT2D eigenvalue weighted by atomic mass is 10.0. The number of nitrogens with one attached hydrogen (secondary N) is 1. The molecule has 4 rings (SSSR count). The number of rotatable bonds is 6. The van der Waals surface area contributed by atoms with Gasteiger partial charge in [-0.15, -0.1) is 11.3 Å². The van der Waals surface area contributed by atoms with Gasteiger partial charge in [0, 0.05) is 16.3 Å². The van der Waals surface area contributed by atoms with Gasteiger partial charge in [-0.1, -0.05) is 48.5 Å². The molecule has 4 aromatic rings. The first-order chi connectivity index (χ1) is 14.6. The number of carbonyl (C=O) groups is 2. The number of para-hydroxylation sites is 1. The Morgan fingerprint density at radius 1 is 1.03 bits per heavy atom. The van der Waals surface area contributed by atoms with Gasteiger partial charge in [0.25, 0.3) is 5.91 Å². The Hall–Kier alpha value is -3.58. The molecule has 2 aromatic carbocycles. The highest BCUT2D eigenvalue weighted by Gasteiger charge is 2.16. The lowest BCUT2D eigenvalue weighted by Gasteiger charge is -2.09. The van der Waals surface area contributed by atoms with Gasteiger partial charge in [-0.2, -0.15) is 0 Å². The van der Waals surface area contributed by atoms with Crippen LogP contribution in [0, 0.1) is 0 Å². The number of aromatic nitrogens is 2. The second-order valence-electron chi connectivity index (χ2n) is 6.52. The van der Waals surface area contributed by atoms with Crippen LogP contribution in [0.15, 0.2) is 66.0 Å².